The van der Waals surface area contributed by atoms with E-state index in [9.17, 15) is 8.42 Å². The van der Waals surface area contributed by atoms with Crippen LogP contribution in [0.2, 0.25) is 0 Å². The second-order valence-corrected chi connectivity index (χ2v) is 6.70. The lowest BCUT2D eigenvalue weighted by atomic mass is 10.0. The van der Waals surface area contributed by atoms with Crippen molar-refractivity contribution in [3.63, 3.8) is 0 Å². The summed E-state index contributed by atoms with van der Waals surface area (Å²) >= 11 is 0. The van der Waals surface area contributed by atoms with Gasteiger partial charge >= 0.3 is 0 Å². The number of anilines is 1. The van der Waals surface area contributed by atoms with Crippen molar-refractivity contribution in [2.75, 3.05) is 11.7 Å². The summed E-state index contributed by atoms with van der Waals surface area (Å²) in [6, 6.07) is 11.2. The van der Waals surface area contributed by atoms with Crippen LogP contribution in [0.4, 0.5) is 5.69 Å². The molecule has 2 aromatic rings. The molecule has 0 spiro atoms. The van der Waals surface area contributed by atoms with E-state index >= 15 is 0 Å². The summed E-state index contributed by atoms with van der Waals surface area (Å²) in [5, 5.41) is 0. The Morgan fingerprint density at radius 3 is 2.58 bits per heavy atom. The van der Waals surface area contributed by atoms with Gasteiger partial charge in [-0.3, -0.25) is 5.84 Å². The first-order chi connectivity index (χ1) is 9.02. The Morgan fingerprint density at radius 2 is 1.89 bits per heavy atom. The maximum Gasteiger partial charge on any atom is 0.176 e. The number of hydrogen-bond acceptors (Lipinski definition) is 4. The summed E-state index contributed by atoms with van der Waals surface area (Å²) in [6.07, 6.45) is 1.94. The van der Waals surface area contributed by atoms with Crippen LogP contribution in [0.15, 0.2) is 41.3 Å². The van der Waals surface area contributed by atoms with Crippen LogP contribution in [-0.4, -0.2) is 14.7 Å². The molecule has 98 valence electrons. The van der Waals surface area contributed by atoms with Gasteiger partial charge in [0.25, 0.3) is 0 Å². The molecule has 0 aliphatic heterocycles. The highest BCUT2D eigenvalue weighted by Crippen LogP contribution is 2.43. The molecule has 19 heavy (non-hydrogen) atoms. The van der Waals surface area contributed by atoms with Gasteiger partial charge in [-0.15, -0.1) is 0 Å². The molecule has 0 atom stereocenters. The van der Waals surface area contributed by atoms with Crippen molar-refractivity contribution in [2.24, 2.45) is 5.84 Å². The molecule has 0 aromatic heterocycles. The molecule has 4 nitrogen and oxygen atoms in total. The highest BCUT2D eigenvalue weighted by Gasteiger charge is 2.27. The molecule has 1 aliphatic rings. The van der Waals surface area contributed by atoms with Gasteiger partial charge in [0.2, 0.25) is 0 Å². The molecule has 1 aliphatic carbocycles. The molecule has 0 bridgehead atoms. The minimum absolute atomic E-state index is 0.367. The summed E-state index contributed by atoms with van der Waals surface area (Å²) in [6.45, 7) is 0. The molecule has 3 N–H and O–H groups in total. The van der Waals surface area contributed by atoms with Gasteiger partial charge in [-0.05, 0) is 28.8 Å². The molecule has 0 unspecified atom stereocenters. The number of benzene rings is 2. The molecule has 3 rings (SSSR count). The van der Waals surface area contributed by atoms with Gasteiger partial charge in [0, 0.05) is 18.2 Å². The standard InChI is InChI=1S/C14H14N2O2S/c1-19(17,18)13-7-6-12(16-15)11-8-9-4-2-3-5-10(9)14(11)13/h2-7,16H,8,15H2,1H3. The summed E-state index contributed by atoms with van der Waals surface area (Å²) in [5.74, 6) is 5.52. The van der Waals surface area contributed by atoms with Crippen molar-refractivity contribution in [1.82, 2.24) is 0 Å². The number of rotatable bonds is 2. The van der Waals surface area contributed by atoms with Crippen LogP contribution < -0.4 is 11.3 Å². The molecular formula is C14H14N2O2S. The zero-order valence-electron chi connectivity index (χ0n) is 10.5. The summed E-state index contributed by atoms with van der Waals surface area (Å²) < 4.78 is 23.9. The van der Waals surface area contributed by atoms with E-state index in [-0.39, 0.29) is 0 Å². The lowest BCUT2D eigenvalue weighted by Gasteiger charge is -2.12. The molecule has 0 radical (unpaired) electrons. The van der Waals surface area contributed by atoms with E-state index in [1.54, 1.807) is 12.1 Å². The molecule has 0 amide bonds. The van der Waals surface area contributed by atoms with E-state index in [1.165, 1.54) is 6.26 Å². The lowest BCUT2D eigenvalue weighted by molar-refractivity contribution is 0.602. The van der Waals surface area contributed by atoms with Gasteiger partial charge in [0.1, 0.15) is 0 Å². The summed E-state index contributed by atoms with van der Waals surface area (Å²) in [5.41, 5.74) is 7.27. The minimum atomic E-state index is -3.26. The number of nitrogens with one attached hydrogen (secondary N) is 1. The predicted molar refractivity (Wildman–Crippen MR) is 75.6 cm³/mol. The van der Waals surface area contributed by atoms with Crippen LogP contribution in [-0.2, 0) is 16.3 Å². The highest BCUT2D eigenvalue weighted by molar-refractivity contribution is 7.90. The Morgan fingerprint density at radius 1 is 1.16 bits per heavy atom. The molecule has 5 heteroatoms. The fraction of sp³-hybridized carbons (Fsp3) is 0.143. The Bertz CT molecular complexity index is 767. The quantitative estimate of drug-likeness (QED) is 0.553. The number of hydrazine groups is 1. The topological polar surface area (TPSA) is 72.2 Å². The lowest BCUT2D eigenvalue weighted by Crippen LogP contribution is -2.10. The van der Waals surface area contributed by atoms with Gasteiger partial charge < -0.3 is 5.43 Å². The van der Waals surface area contributed by atoms with E-state index in [1.807, 2.05) is 24.3 Å². The predicted octanol–water partition coefficient (Wildman–Crippen LogP) is 1.95. The van der Waals surface area contributed by atoms with Crippen molar-refractivity contribution in [1.29, 1.82) is 0 Å². The van der Waals surface area contributed by atoms with Gasteiger partial charge in [0.15, 0.2) is 9.84 Å². The molecule has 0 heterocycles. The third-order valence-corrected chi connectivity index (χ3v) is 4.62. The normalized spacial score (nSPS) is 12.9. The van der Waals surface area contributed by atoms with Crippen molar-refractivity contribution < 1.29 is 8.42 Å². The zero-order valence-corrected chi connectivity index (χ0v) is 11.3. The fourth-order valence-corrected chi connectivity index (χ4v) is 3.58. The Labute approximate surface area is 112 Å². The number of hydrogen-bond donors (Lipinski definition) is 2. The molecule has 0 saturated heterocycles. The maximum absolute atomic E-state index is 12.0. The van der Waals surface area contributed by atoms with Crippen LogP contribution in [0.25, 0.3) is 11.1 Å². The molecule has 0 saturated carbocycles. The first-order valence-electron chi connectivity index (χ1n) is 5.93. The first-order valence-corrected chi connectivity index (χ1v) is 7.82. The van der Waals surface area contributed by atoms with Crippen LogP contribution in [0.3, 0.4) is 0 Å². The first kappa shape index (κ1) is 12.2. The zero-order chi connectivity index (χ0) is 13.6. The average molecular weight is 274 g/mol. The molecule has 0 fully saturated rings. The van der Waals surface area contributed by atoms with Crippen LogP contribution in [0.1, 0.15) is 11.1 Å². The van der Waals surface area contributed by atoms with Crippen LogP contribution in [0, 0.1) is 0 Å². The third kappa shape index (κ3) is 1.82. The van der Waals surface area contributed by atoms with E-state index < -0.39 is 9.84 Å². The van der Waals surface area contributed by atoms with Gasteiger partial charge in [-0.1, -0.05) is 24.3 Å². The minimum Gasteiger partial charge on any atom is -0.324 e. The van der Waals surface area contributed by atoms with Crippen molar-refractivity contribution in [3.05, 3.63) is 47.5 Å². The number of sulfone groups is 1. The Kier molecular flexibility index (Phi) is 2.62. The smallest absolute Gasteiger partial charge is 0.176 e. The highest BCUT2D eigenvalue weighted by atomic mass is 32.2. The van der Waals surface area contributed by atoms with Crippen molar-refractivity contribution in [3.8, 4) is 11.1 Å². The number of nitrogen functional groups attached to an aromatic ring is 1. The number of fused-ring (bicyclic) bond motifs is 3. The monoisotopic (exact) mass is 274 g/mol. The summed E-state index contributed by atoms with van der Waals surface area (Å²) in [7, 11) is -3.26. The van der Waals surface area contributed by atoms with E-state index in [0.717, 1.165) is 27.9 Å². The fourth-order valence-electron chi connectivity index (χ4n) is 2.66. The Balaban J connectivity index is 2.39. The van der Waals surface area contributed by atoms with Crippen molar-refractivity contribution in [2.45, 2.75) is 11.3 Å². The van der Waals surface area contributed by atoms with Crippen LogP contribution >= 0.6 is 0 Å². The second-order valence-electron chi connectivity index (χ2n) is 4.72. The molecular weight excluding hydrogens is 260 g/mol. The maximum atomic E-state index is 12.0. The van der Waals surface area contributed by atoms with E-state index in [4.69, 9.17) is 5.84 Å². The van der Waals surface area contributed by atoms with E-state index in [0.29, 0.717) is 11.3 Å². The SMILES string of the molecule is CS(=O)(=O)c1ccc(NN)c2c1-c1ccccc1C2. The van der Waals surface area contributed by atoms with Gasteiger partial charge in [-0.25, -0.2) is 8.42 Å². The van der Waals surface area contributed by atoms with E-state index in [2.05, 4.69) is 5.43 Å². The van der Waals surface area contributed by atoms with Gasteiger partial charge in [-0.2, -0.15) is 0 Å². The van der Waals surface area contributed by atoms with Gasteiger partial charge in [0.05, 0.1) is 10.6 Å². The second kappa shape index (κ2) is 4.08. The molecule has 2 aromatic carbocycles. The average Bonchev–Trinajstić information content (AvgIpc) is 2.75. The largest absolute Gasteiger partial charge is 0.324 e. The third-order valence-electron chi connectivity index (χ3n) is 3.48. The Hall–Kier alpha value is -1.85. The summed E-state index contributed by atoms with van der Waals surface area (Å²) in [4.78, 5) is 0.367. The van der Waals surface area contributed by atoms with Crippen LogP contribution in [0.5, 0.6) is 0 Å². The van der Waals surface area contributed by atoms with Crippen molar-refractivity contribution >= 4 is 15.5 Å². The number of nitrogens with two attached hydrogens (primary N) is 1.